The van der Waals surface area contributed by atoms with Crippen LogP contribution in [0.5, 0.6) is 5.75 Å². The Morgan fingerprint density at radius 2 is 1.77 bits per heavy atom. The standard InChI is InChI=1S/C21H24ClN5O3/c22-18-13-23-14-19(24-18)26-11-9-25(10-12-26)7-3-4-8-27-20(28)15-30-17-6-2-1-5-16(17)21(27)29/h1-2,5-6,13-14H,3-4,7-12,15H2. The maximum absolute atomic E-state index is 12.7. The van der Waals surface area contributed by atoms with E-state index in [1.807, 2.05) is 0 Å². The average molecular weight is 430 g/mol. The number of hydrogen-bond acceptors (Lipinski definition) is 7. The largest absolute Gasteiger partial charge is 0.483 e. The molecule has 1 aromatic heterocycles. The van der Waals surface area contributed by atoms with Crippen LogP contribution in [0.3, 0.4) is 0 Å². The van der Waals surface area contributed by atoms with E-state index in [4.69, 9.17) is 16.3 Å². The number of carbonyl (C=O) groups is 2. The summed E-state index contributed by atoms with van der Waals surface area (Å²) < 4.78 is 5.47. The van der Waals surface area contributed by atoms with Crippen LogP contribution >= 0.6 is 11.6 Å². The Balaban J connectivity index is 1.23. The number of nitrogens with zero attached hydrogens (tertiary/aromatic N) is 5. The SMILES string of the molecule is O=C1COc2ccccc2C(=O)N1CCCCN1CCN(c2cncc(Cl)n2)CC1. The Labute approximate surface area is 180 Å². The zero-order valence-corrected chi connectivity index (χ0v) is 17.4. The van der Waals surface area contributed by atoms with Gasteiger partial charge in [0, 0.05) is 32.7 Å². The van der Waals surface area contributed by atoms with Crippen molar-refractivity contribution in [3.8, 4) is 5.75 Å². The van der Waals surface area contributed by atoms with Crippen LogP contribution in [-0.4, -0.2) is 77.5 Å². The number of benzene rings is 1. The number of fused-ring (bicyclic) bond motifs is 1. The number of piperazine rings is 1. The molecule has 0 saturated carbocycles. The number of amides is 2. The number of unbranched alkanes of at least 4 members (excludes halogenated alkanes) is 1. The lowest BCUT2D eigenvalue weighted by Gasteiger charge is -2.35. The van der Waals surface area contributed by atoms with Gasteiger partial charge in [-0.2, -0.15) is 0 Å². The van der Waals surface area contributed by atoms with E-state index in [0.29, 0.717) is 23.0 Å². The van der Waals surface area contributed by atoms with Crippen LogP contribution in [-0.2, 0) is 4.79 Å². The second kappa shape index (κ2) is 9.40. The van der Waals surface area contributed by atoms with Gasteiger partial charge in [-0.15, -0.1) is 0 Å². The molecule has 0 aliphatic carbocycles. The molecule has 4 rings (SSSR count). The highest BCUT2D eigenvalue weighted by Gasteiger charge is 2.29. The summed E-state index contributed by atoms with van der Waals surface area (Å²) in [5.74, 6) is 0.722. The number of imide groups is 1. The van der Waals surface area contributed by atoms with Gasteiger partial charge < -0.3 is 9.64 Å². The molecule has 0 bridgehead atoms. The van der Waals surface area contributed by atoms with Crippen molar-refractivity contribution in [1.29, 1.82) is 0 Å². The fourth-order valence-corrected chi connectivity index (χ4v) is 3.91. The molecule has 0 atom stereocenters. The molecule has 30 heavy (non-hydrogen) atoms. The van der Waals surface area contributed by atoms with Crippen LogP contribution in [0.2, 0.25) is 5.15 Å². The summed E-state index contributed by atoms with van der Waals surface area (Å²) in [6, 6.07) is 7.00. The highest BCUT2D eigenvalue weighted by Crippen LogP contribution is 2.23. The molecule has 2 aromatic rings. The van der Waals surface area contributed by atoms with E-state index in [2.05, 4.69) is 19.8 Å². The molecule has 158 valence electrons. The first-order valence-corrected chi connectivity index (χ1v) is 10.5. The molecule has 2 aliphatic rings. The van der Waals surface area contributed by atoms with Crippen molar-refractivity contribution >= 4 is 29.2 Å². The van der Waals surface area contributed by atoms with E-state index in [1.54, 1.807) is 30.5 Å². The predicted octanol–water partition coefficient (Wildman–Crippen LogP) is 2.09. The Kier molecular flexibility index (Phi) is 6.44. The lowest BCUT2D eigenvalue weighted by molar-refractivity contribution is -0.130. The highest BCUT2D eigenvalue weighted by molar-refractivity contribution is 6.29. The molecule has 9 heteroatoms. The van der Waals surface area contributed by atoms with Crippen molar-refractivity contribution in [3.05, 3.63) is 47.4 Å². The number of aromatic nitrogens is 2. The summed E-state index contributed by atoms with van der Waals surface area (Å²) in [6.45, 7) is 4.83. The first-order valence-electron chi connectivity index (χ1n) is 10.1. The van der Waals surface area contributed by atoms with Gasteiger partial charge in [0.2, 0.25) is 0 Å². The van der Waals surface area contributed by atoms with Gasteiger partial charge in [-0.3, -0.25) is 24.4 Å². The van der Waals surface area contributed by atoms with Gasteiger partial charge in [0.1, 0.15) is 16.7 Å². The molecule has 0 unspecified atom stereocenters. The smallest absolute Gasteiger partial charge is 0.267 e. The van der Waals surface area contributed by atoms with Crippen molar-refractivity contribution in [2.45, 2.75) is 12.8 Å². The monoisotopic (exact) mass is 429 g/mol. The molecule has 0 N–H and O–H groups in total. The van der Waals surface area contributed by atoms with Crippen LogP contribution < -0.4 is 9.64 Å². The normalized spacial score (nSPS) is 17.5. The Morgan fingerprint density at radius 3 is 2.57 bits per heavy atom. The van der Waals surface area contributed by atoms with E-state index in [-0.39, 0.29) is 18.4 Å². The fourth-order valence-electron chi connectivity index (χ4n) is 3.76. The molecule has 3 heterocycles. The summed E-state index contributed by atoms with van der Waals surface area (Å²) in [7, 11) is 0. The maximum Gasteiger partial charge on any atom is 0.267 e. The average Bonchev–Trinajstić information content (AvgIpc) is 2.89. The number of para-hydroxylation sites is 1. The van der Waals surface area contributed by atoms with Crippen molar-refractivity contribution < 1.29 is 14.3 Å². The molecule has 1 fully saturated rings. The van der Waals surface area contributed by atoms with E-state index >= 15 is 0 Å². The third-order valence-electron chi connectivity index (χ3n) is 5.41. The van der Waals surface area contributed by atoms with Gasteiger partial charge >= 0.3 is 0 Å². The van der Waals surface area contributed by atoms with E-state index < -0.39 is 0 Å². The molecule has 8 nitrogen and oxygen atoms in total. The van der Waals surface area contributed by atoms with Crippen molar-refractivity contribution in [3.63, 3.8) is 0 Å². The second-order valence-electron chi connectivity index (χ2n) is 7.37. The molecular formula is C21H24ClN5O3. The number of hydrogen-bond donors (Lipinski definition) is 0. The fraction of sp³-hybridized carbons (Fsp3) is 0.429. The number of ether oxygens (including phenoxy) is 1. The first-order chi connectivity index (χ1) is 14.6. The predicted molar refractivity (Wildman–Crippen MR) is 113 cm³/mol. The second-order valence-corrected chi connectivity index (χ2v) is 7.76. The quantitative estimate of drug-likeness (QED) is 0.514. The molecule has 1 aromatic carbocycles. The molecule has 2 amide bonds. The van der Waals surface area contributed by atoms with Crippen molar-refractivity contribution in [2.75, 3.05) is 50.8 Å². The molecule has 1 saturated heterocycles. The minimum absolute atomic E-state index is 0.100. The van der Waals surface area contributed by atoms with Gasteiger partial charge in [-0.25, -0.2) is 4.98 Å². The van der Waals surface area contributed by atoms with Crippen LogP contribution in [0.4, 0.5) is 5.82 Å². The van der Waals surface area contributed by atoms with Gasteiger partial charge in [0.15, 0.2) is 6.61 Å². The lowest BCUT2D eigenvalue weighted by Crippen LogP contribution is -2.47. The molecule has 0 spiro atoms. The van der Waals surface area contributed by atoms with E-state index in [0.717, 1.165) is 51.4 Å². The zero-order valence-electron chi connectivity index (χ0n) is 16.7. The van der Waals surface area contributed by atoms with Crippen LogP contribution in [0.1, 0.15) is 23.2 Å². The highest BCUT2D eigenvalue weighted by atomic mass is 35.5. The van der Waals surface area contributed by atoms with Crippen molar-refractivity contribution in [2.24, 2.45) is 0 Å². The summed E-state index contributed by atoms with van der Waals surface area (Å²) in [5.41, 5.74) is 0.448. The minimum Gasteiger partial charge on any atom is -0.483 e. The number of halogens is 1. The molecule has 2 aliphatic heterocycles. The Hall–Kier alpha value is -2.71. The summed E-state index contributed by atoms with van der Waals surface area (Å²) >= 11 is 5.93. The van der Waals surface area contributed by atoms with E-state index in [9.17, 15) is 9.59 Å². The number of rotatable bonds is 6. The Morgan fingerprint density at radius 1 is 1.00 bits per heavy atom. The van der Waals surface area contributed by atoms with Crippen LogP contribution in [0, 0.1) is 0 Å². The van der Waals surface area contributed by atoms with Crippen LogP contribution in [0.25, 0.3) is 0 Å². The van der Waals surface area contributed by atoms with Crippen molar-refractivity contribution in [1.82, 2.24) is 19.8 Å². The van der Waals surface area contributed by atoms with Gasteiger partial charge in [0.25, 0.3) is 11.8 Å². The van der Waals surface area contributed by atoms with E-state index in [1.165, 1.54) is 11.1 Å². The summed E-state index contributed by atoms with van der Waals surface area (Å²) in [6.07, 6.45) is 4.95. The zero-order chi connectivity index (χ0) is 20.9. The third-order valence-corrected chi connectivity index (χ3v) is 5.59. The molecule has 0 radical (unpaired) electrons. The minimum atomic E-state index is -0.285. The third kappa shape index (κ3) is 4.71. The first kappa shape index (κ1) is 20.6. The summed E-state index contributed by atoms with van der Waals surface area (Å²) in [4.78, 5) is 39.4. The van der Waals surface area contributed by atoms with Gasteiger partial charge in [-0.05, 0) is 31.5 Å². The lowest BCUT2D eigenvalue weighted by atomic mass is 10.1. The topological polar surface area (TPSA) is 78.9 Å². The summed E-state index contributed by atoms with van der Waals surface area (Å²) in [5, 5.41) is 0.403. The van der Waals surface area contributed by atoms with Gasteiger partial charge in [0.05, 0.1) is 18.0 Å². The Bertz CT molecular complexity index is 917. The number of anilines is 1. The van der Waals surface area contributed by atoms with Crippen LogP contribution in [0.15, 0.2) is 36.7 Å². The molecular weight excluding hydrogens is 406 g/mol. The van der Waals surface area contributed by atoms with Gasteiger partial charge in [-0.1, -0.05) is 23.7 Å². The number of carbonyl (C=O) groups excluding carboxylic acids is 2. The maximum atomic E-state index is 12.7.